The van der Waals surface area contributed by atoms with Crippen molar-refractivity contribution in [3.05, 3.63) is 308 Å². The molecule has 0 saturated heterocycles. The third kappa shape index (κ3) is 11.3. The van der Waals surface area contributed by atoms with Crippen molar-refractivity contribution < 1.29 is 21.0 Å². The largest absolute Gasteiger partial charge is 0.212 e. The lowest BCUT2D eigenvalue weighted by atomic mass is 9.76. The van der Waals surface area contributed by atoms with E-state index in [4.69, 9.17) is 2.74 Å². The van der Waals surface area contributed by atoms with Gasteiger partial charge in [-0.15, -0.1) is 0 Å². The number of nitrogens with zero attached hydrogens (tertiary/aromatic N) is 4. The Balaban J connectivity index is 0.000000121. The van der Waals surface area contributed by atoms with Gasteiger partial charge in [0.2, 0.25) is 22.8 Å². The second-order valence-corrected chi connectivity index (χ2v) is 30.6. The molecule has 0 aliphatic heterocycles. The van der Waals surface area contributed by atoms with Crippen molar-refractivity contribution in [1.29, 1.82) is 0 Å². The Hall–Kier alpha value is -9.64. The van der Waals surface area contributed by atoms with Gasteiger partial charge in [-0.25, -0.2) is 18.3 Å². The number of rotatable bonds is 8. The van der Waals surface area contributed by atoms with Crippen LogP contribution in [0, 0.1) is 27.7 Å². The molecule has 0 unspecified atom stereocenters. The maximum atomic E-state index is 8.38. The first-order valence-corrected chi connectivity index (χ1v) is 36.4. The molecule has 12 aromatic rings. The monoisotopic (exact) mass is 1310 g/mol. The zero-order chi connectivity index (χ0) is 72.9. The highest BCUT2D eigenvalue weighted by atomic mass is 14.9. The minimum absolute atomic E-state index is 0.0139. The Kier molecular flexibility index (Phi) is 17.5. The van der Waals surface area contributed by atoms with E-state index in [0.29, 0.717) is 0 Å². The first-order chi connectivity index (χ1) is 48.5. The Labute approximate surface area is 601 Å². The van der Waals surface area contributed by atoms with Crippen LogP contribution in [0.1, 0.15) is 175 Å². The summed E-state index contributed by atoms with van der Waals surface area (Å²) in [7, 11) is 8.50. The SMILES string of the molecule is CCc1ccc2c(c1)-c1ccc(C)c(-c3cccc[n+]3C)c1C2(C)C.CCc1ccc2c(c1)C(C)(C)c1c-2ccc(C)c1-c1cccc[n+]1C.CCc1cccc2c1-c1ccc(C)c(-c3cccc[n+]3C)c1C2(C)C.[2H]C([2H])(C)c1cccc2c1C(C)(C)c1c-2ccc(C)c1-c1cccc[n+]1C. The summed E-state index contributed by atoms with van der Waals surface area (Å²) in [6.07, 6.45) is 10.4. The van der Waals surface area contributed by atoms with Gasteiger partial charge in [-0.1, -0.05) is 204 Å². The van der Waals surface area contributed by atoms with Crippen molar-refractivity contribution in [3.63, 3.8) is 0 Å². The first-order valence-electron chi connectivity index (χ1n) is 37.4. The summed E-state index contributed by atoms with van der Waals surface area (Å²) in [6, 6.07) is 70.9. The zero-order valence-corrected chi connectivity index (χ0v) is 63.2. The summed E-state index contributed by atoms with van der Waals surface area (Å²) in [5.74, 6) is 0. The Bertz CT molecular complexity index is 5310. The normalized spacial score (nSPS) is 14.7. The van der Waals surface area contributed by atoms with Crippen LogP contribution in [0.2, 0.25) is 0 Å². The average molecular weight is 1320 g/mol. The summed E-state index contributed by atoms with van der Waals surface area (Å²) < 4.78 is 25.6. The van der Waals surface area contributed by atoms with E-state index < -0.39 is 6.37 Å². The van der Waals surface area contributed by atoms with Crippen molar-refractivity contribution in [2.45, 2.75) is 158 Å². The van der Waals surface area contributed by atoms with E-state index in [1.807, 2.05) is 18.2 Å². The topological polar surface area (TPSA) is 15.5 Å². The molecular formula is C96H104N4+4. The smallest absolute Gasteiger partial charge is 0.201 e. The maximum Gasteiger partial charge on any atom is 0.212 e. The van der Waals surface area contributed by atoms with Gasteiger partial charge in [0.05, 0.1) is 22.3 Å². The number of hydrogen-bond donors (Lipinski definition) is 0. The predicted molar refractivity (Wildman–Crippen MR) is 419 cm³/mol. The lowest BCUT2D eigenvalue weighted by Gasteiger charge is -2.26. The molecule has 0 saturated carbocycles. The molecule has 4 heteroatoms. The second kappa shape index (κ2) is 26.5. The molecule has 4 aromatic heterocycles. The van der Waals surface area contributed by atoms with E-state index in [2.05, 4.69) is 351 Å². The van der Waals surface area contributed by atoms with Crippen LogP contribution in [-0.4, -0.2) is 0 Å². The predicted octanol–water partition coefficient (Wildman–Crippen LogP) is 21.4. The minimum Gasteiger partial charge on any atom is -0.201 e. The molecule has 100 heavy (non-hydrogen) atoms. The lowest BCUT2D eigenvalue weighted by molar-refractivity contribution is -0.660. The molecule has 8 aromatic carbocycles. The molecule has 0 N–H and O–H groups in total. The summed E-state index contributed by atoms with van der Waals surface area (Å²) in [6.45, 7) is 36.0. The van der Waals surface area contributed by atoms with Gasteiger partial charge in [0.15, 0.2) is 24.8 Å². The van der Waals surface area contributed by atoms with Crippen LogP contribution in [0.3, 0.4) is 0 Å². The van der Waals surface area contributed by atoms with Crippen LogP contribution < -0.4 is 18.3 Å². The molecule has 4 heterocycles. The van der Waals surface area contributed by atoms with Crippen molar-refractivity contribution in [2.24, 2.45) is 28.2 Å². The molecule has 4 aliphatic carbocycles. The number of hydrogen-bond acceptors (Lipinski definition) is 0. The van der Waals surface area contributed by atoms with Gasteiger partial charge in [-0.3, -0.25) is 0 Å². The van der Waals surface area contributed by atoms with Gasteiger partial charge in [0.25, 0.3) is 0 Å². The van der Waals surface area contributed by atoms with Crippen molar-refractivity contribution in [3.8, 4) is 89.5 Å². The van der Waals surface area contributed by atoms with E-state index in [0.717, 1.165) is 36.0 Å². The summed E-state index contributed by atoms with van der Waals surface area (Å²) in [4.78, 5) is 0. The molecule has 0 atom stereocenters. The lowest BCUT2D eigenvalue weighted by Crippen LogP contribution is -2.31. The zero-order valence-electron chi connectivity index (χ0n) is 65.2. The summed E-state index contributed by atoms with van der Waals surface area (Å²) >= 11 is 0. The molecular weight excluding hydrogens is 1210 g/mol. The molecule has 504 valence electrons. The number of aryl methyl sites for hydroxylation is 12. The Morgan fingerprint density at radius 3 is 1.09 bits per heavy atom. The molecule has 0 bridgehead atoms. The van der Waals surface area contributed by atoms with E-state index in [1.54, 1.807) is 6.92 Å². The fourth-order valence-electron chi connectivity index (χ4n) is 17.8. The van der Waals surface area contributed by atoms with Gasteiger partial charge in [-0.2, -0.15) is 0 Å². The highest BCUT2D eigenvalue weighted by Crippen LogP contribution is 2.58. The van der Waals surface area contributed by atoms with Crippen LogP contribution in [0.25, 0.3) is 89.5 Å². The maximum absolute atomic E-state index is 8.38. The van der Waals surface area contributed by atoms with Crippen molar-refractivity contribution in [1.82, 2.24) is 0 Å². The van der Waals surface area contributed by atoms with Gasteiger partial charge in [0.1, 0.15) is 28.2 Å². The van der Waals surface area contributed by atoms with Crippen LogP contribution in [0.4, 0.5) is 0 Å². The first kappa shape index (κ1) is 66.3. The number of benzene rings is 8. The Morgan fingerprint density at radius 2 is 0.640 bits per heavy atom. The standard InChI is InChI=1S/4C24H26N/c1-6-17-10-9-11-19-22(17)18-14-13-16(2)21(23(18)24(19,3)4)20-12-7-8-15-25(20)5;1-6-17-10-9-11-18-19-14-13-16(2)21(20-12-7-8-15-25(20)5)23(19)24(3,4)22(17)18;1-6-17-11-13-18-19-12-10-16(2)22(21-9-7-8-14-25(21)5)23(19)24(3,4)20(18)15-17;1-6-17-11-13-20-19(15-17)18-12-10-16(2)22(23(18)24(20,3)4)21-9-7-8-14-25(21)5/h4*7-15H,6H2,1-5H3/q4*+1/i;6D2;;. The molecule has 4 nitrogen and oxygen atoms in total. The van der Waals surface area contributed by atoms with Crippen LogP contribution in [-0.2, 0) is 75.5 Å². The average Bonchev–Trinajstić information content (AvgIpc) is 1.57. The minimum atomic E-state index is -1.38. The third-order valence-electron chi connectivity index (χ3n) is 23.0. The number of pyridine rings is 4. The summed E-state index contributed by atoms with van der Waals surface area (Å²) in [5.41, 5.74) is 42.7. The molecule has 0 fully saturated rings. The second-order valence-electron chi connectivity index (χ2n) is 30.6. The van der Waals surface area contributed by atoms with Crippen LogP contribution >= 0.6 is 0 Å². The van der Waals surface area contributed by atoms with Crippen LogP contribution in [0.5, 0.6) is 0 Å². The molecule has 0 amide bonds. The van der Waals surface area contributed by atoms with Crippen LogP contribution in [0.15, 0.2) is 219 Å². The molecule has 0 spiro atoms. The van der Waals surface area contributed by atoms with E-state index in [1.165, 1.54) is 162 Å². The van der Waals surface area contributed by atoms with Gasteiger partial charge in [-0.05, 0) is 211 Å². The molecule has 16 rings (SSSR count). The van der Waals surface area contributed by atoms with Crippen molar-refractivity contribution >= 4 is 0 Å². The highest BCUT2D eigenvalue weighted by molar-refractivity contribution is 5.93. The van der Waals surface area contributed by atoms with E-state index in [9.17, 15) is 0 Å². The van der Waals surface area contributed by atoms with Gasteiger partial charge in [0, 0.05) is 72.9 Å². The van der Waals surface area contributed by atoms with Crippen molar-refractivity contribution in [2.75, 3.05) is 0 Å². The highest BCUT2D eigenvalue weighted by Gasteiger charge is 2.44. The summed E-state index contributed by atoms with van der Waals surface area (Å²) in [5, 5.41) is 0. The third-order valence-corrected chi connectivity index (χ3v) is 23.0. The fourth-order valence-corrected chi connectivity index (χ4v) is 17.8. The number of aromatic nitrogens is 4. The quantitative estimate of drug-likeness (QED) is 0.135. The fraction of sp³-hybridized carbons (Fsp3) is 0.292. The Morgan fingerprint density at radius 1 is 0.280 bits per heavy atom. The van der Waals surface area contributed by atoms with Gasteiger partial charge < -0.3 is 0 Å². The van der Waals surface area contributed by atoms with Gasteiger partial charge >= 0.3 is 0 Å². The molecule has 0 radical (unpaired) electrons. The van der Waals surface area contributed by atoms with E-state index in [-0.39, 0.29) is 21.7 Å². The van der Waals surface area contributed by atoms with E-state index >= 15 is 0 Å². The number of fused-ring (bicyclic) bond motifs is 12. The molecule has 4 aliphatic rings.